The maximum absolute atomic E-state index is 12.7. The number of carbonyl (C=O) groups is 1. The normalized spacial score (nSPS) is 9.86. The number of ether oxygens (including phenoxy) is 1. The standard InChI is InChI=1S/C9H8BrFO3/c10-4-6-1-2-7(11)3-8(6)14-5-9(12)13/h1-3H,4-5H2,(H,12,13)/p-1. The molecule has 0 bridgehead atoms. The predicted molar refractivity (Wildman–Crippen MR) is 49.5 cm³/mol. The summed E-state index contributed by atoms with van der Waals surface area (Å²) in [6.45, 7) is -0.580. The van der Waals surface area contributed by atoms with Gasteiger partial charge in [-0.15, -0.1) is 0 Å². The highest BCUT2D eigenvalue weighted by Crippen LogP contribution is 2.22. The highest BCUT2D eigenvalue weighted by molar-refractivity contribution is 9.08. The summed E-state index contributed by atoms with van der Waals surface area (Å²) in [5.74, 6) is -1.59. The van der Waals surface area contributed by atoms with E-state index in [1.807, 2.05) is 0 Å². The lowest BCUT2D eigenvalue weighted by atomic mass is 10.2. The number of alkyl halides is 1. The van der Waals surface area contributed by atoms with Gasteiger partial charge in [-0.05, 0) is 6.07 Å². The Morgan fingerprint density at radius 1 is 1.57 bits per heavy atom. The molecule has 0 fully saturated rings. The number of rotatable bonds is 4. The Hall–Kier alpha value is -1.10. The number of carbonyl (C=O) groups excluding carboxylic acids is 1. The fourth-order valence-corrected chi connectivity index (χ4v) is 1.37. The summed E-state index contributed by atoms with van der Waals surface area (Å²) in [6, 6.07) is 3.94. The zero-order chi connectivity index (χ0) is 10.6. The second-order valence-electron chi connectivity index (χ2n) is 2.55. The third-order valence-electron chi connectivity index (χ3n) is 1.52. The van der Waals surface area contributed by atoms with Crippen LogP contribution in [0.15, 0.2) is 18.2 Å². The fraction of sp³-hybridized carbons (Fsp3) is 0.222. The first-order chi connectivity index (χ1) is 6.63. The van der Waals surface area contributed by atoms with E-state index in [1.54, 1.807) is 0 Å². The molecule has 1 aromatic carbocycles. The largest absolute Gasteiger partial charge is 0.546 e. The molecule has 3 nitrogen and oxygen atoms in total. The van der Waals surface area contributed by atoms with E-state index in [-0.39, 0.29) is 5.75 Å². The number of halogens is 2. The molecule has 0 atom stereocenters. The monoisotopic (exact) mass is 261 g/mol. The van der Waals surface area contributed by atoms with Crippen LogP contribution in [0.1, 0.15) is 5.56 Å². The molecule has 76 valence electrons. The van der Waals surface area contributed by atoms with Crippen molar-refractivity contribution in [3.63, 3.8) is 0 Å². The van der Waals surface area contributed by atoms with Gasteiger partial charge < -0.3 is 14.6 Å². The number of hydrogen-bond acceptors (Lipinski definition) is 3. The van der Waals surface area contributed by atoms with Crippen LogP contribution in [0, 0.1) is 5.82 Å². The zero-order valence-corrected chi connectivity index (χ0v) is 8.71. The van der Waals surface area contributed by atoms with E-state index in [9.17, 15) is 14.3 Å². The van der Waals surface area contributed by atoms with Gasteiger partial charge in [-0.25, -0.2) is 4.39 Å². The van der Waals surface area contributed by atoms with Gasteiger partial charge in [-0.2, -0.15) is 0 Å². The van der Waals surface area contributed by atoms with Crippen molar-refractivity contribution < 1.29 is 19.0 Å². The van der Waals surface area contributed by atoms with Crippen LogP contribution in [0.25, 0.3) is 0 Å². The van der Waals surface area contributed by atoms with Crippen molar-refractivity contribution in [3.05, 3.63) is 29.6 Å². The van der Waals surface area contributed by atoms with Crippen molar-refractivity contribution >= 4 is 21.9 Å². The molecule has 0 saturated heterocycles. The quantitative estimate of drug-likeness (QED) is 0.756. The topological polar surface area (TPSA) is 49.4 Å². The van der Waals surface area contributed by atoms with Gasteiger partial charge in [0.25, 0.3) is 0 Å². The Morgan fingerprint density at radius 3 is 2.86 bits per heavy atom. The third kappa shape index (κ3) is 2.99. The molecule has 0 unspecified atom stereocenters. The number of benzene rings is 1. The Balaban J connectivity index is 2.82. The van der Waals surface area contributed by atoms with E-state index in [0.717, 1.165) is 6.07 Å². The Kier molecular flexibility index (Phi) is 3.88. The third-order valence-corrected chi connectivity index (χ3v) is 2.12. The van der Waals surface area contributed by atoms with Gasteiger partial charge in [-0.3, -0.25) is 0 Å². The van der Waals surface area contributed by atoms with Gasteiger partial charge in [0.15, 0.2) is 0 Å². The van der Waals surface area contributed by atoms with Crippen molar-refractivity contribution in [2.45, 2.75) is 5.33 Å². The maximum atomic E-state index is 12.7. The van der Waals surface area contributed by atoms with Gasteiger partial charge in [-0.1, -0.05) is 22.0 Å². The van der Waals surface area contributed by atoms with Gasteiger partial charge in [0, 0.05) is 17.0 Å². The molecule has 0 spiro atoms. The van der Waals surface area contributed by atoms with Crippen molar-refractivity contribution in [1.29, 1.82) is 0 Å². The van der Waals surface area contributed by atoms with Crippen molar-refractivity contribution in [3.8, 4) is 5.75 Å². The molecular formula is C9H7BrFO3-. The summed E-state index contributed by atoms with van der Waals surface area (Å²) in [6.07, 6.45) is 0. The second kappa shape index (κ2) is 4.95. The molecule has 0 aliphatic rings. The molecule has 1 aromatic rings. The van der Waals surface area contributed by atoms with Crippen LogP contribution in [0.3, 0.4) is 0 Å². The van der Waals surface area contributed by atoms with E-state index in [1.165, 1.54) is 12.1 Å². The number of hydrogen-bond donors (Lipinski definition) is 0. The molecule has 0 N–H and O–H groups in total. The SMILES string of the molecule is O=C([O-])COc1cc(F)ccc1CBr. The summed E-state index contributed by atoms with van der Waals surface area (Å²) in [5, 5.41) is 10.6. The Bertz CT molecular complexity index is 341. The second-order valence-corrected chi connectivity index (χ2v) is 3.11. The molecule has 0 saturated carbocycles. The Labute approximate surface area is 88.6 Å². The van der Waals surface area contributed by atoms with E-state index in [0.29, 0.717) is 10.9 Å². The maximum Gasteiger partial charge on any atom is 0.128 e. The molecule has 1 rings (SSSR count). The lowest BCUT2D eigenvalue weighted by Crippen LogP contribution is -2.29. The first-order valence-electron chi connectivity index (χ1n) is 3.80. The molecule has 0 aliphatic carbocycles. The molecule has 0 heterocycles. The van der Waals surface area contributed by atoms with Gasteiger partial charge >= 0.3 is 0 Å². The molecule has 14 heavy (non-hydrogen) atoms. The van der Waals surface area contributed by atoms with Crippen LogP contribution < -0.4 is 9.84 Å². The summed E-state index contributed by atoms with van der Waals surface area (Å²) < 4.78 is 17.6. The van der Waals surface area contributed by atoms with Crippen LogP contribution in [-0.4, -0.2) is 12.6 Å². The minimum absolute atomic E-state index is 0.214. The highest BCUT2D eigenvalue weighted by atomic mass is 79.9. The van der Waals surface area contributed by atoms with Crippen LogP contribution in [0.4, 0.5) is 4.39 Å². The van der Waals surface area contributed by atoms with Crippen molar-refractivity contribution in [2.24, 2.45) is 0 Å². The van der Waals surface area contributed by atoms with Gasteiger partial charge in [0.05, 0.1) is 5.97 Å². The van der Waals surface area contributed by atoms with Crippen molar-refractivity contribution in [1.82, 2.24) is 0 Å². The van der Waals surface area contributed by atoms with E-state index in [4.69, 9.17) is 4.74 Å². The summed E-state index contributed by atoms with van der Waals surface area (Å²) in [4.78, 5) is 10.1. The van der Waals surface area contributed by atoms with E-state index < -0.39 is 18.4 Å². The molecule has 0 aliphatic heterocycles. The minimum Gasteiger partial charge on any atom is -0.546 e. The molecular weight excluding hydrogens is 255 g/mol. The lowest BCUT2D eigenvalue weighted by Gasteiger charge is -2.10. The lowest BCUT2D eigenvalue weighted by molar-refractivity contribution is -0.307. The highest BCUT2D eigenvalue weighted by Gasteiger charge is 2.04. The summed E-state index contributed by atoms with van der Waals surface area (Å²) in [7, 11) is 0. The average Bonchev–Trinajstić information content (AvgIpc) is 2.15. The van der Waals surface area contributed by atoms with Crippen LogP contribution in [0.2, 0.25) is 0 Å². The zero-order valence-electron chi connectivity index (χ0n) is 7.13. The number of carboxylic acid groups (broad SMARTS) is 1. The first-order valence-corrected chi connectivity index (χ1v) is 4.92. The van der Waals surface area contributed by atoms with Crippen molar-refractivity contribution in [2.75, 3.05) is 6.61 Å². The predicted octanol–water partition coefficient (Wildman–Crippen LogP) is 0.849. The molecule has 0 aromatic heterocycles. The van der Waals surface area contributed by atoms with E-state index in [2.05, 4.69) is 15.9 Å². The number of aliphatic carboxylic acids is 1. The number of carboxylic acids is 1. The van der Waals surface area contributed by atoms with E-state index >= 15 is 0 Å². The molecule has 0 amide bonds. The first kappa shape index (κ1) is 11.0. The average molecular weight is 262 g/mol. The molecule has 5 heteroatoms. The minimum atomic E-state index is -1.34. The summed E-state index contributed by atoms with van der Waals surface area (Å²) >= 11 is 3.17. The van der Waals surface area contributed by atoms with Crippen LogP contribution in [0.5, 0.6) is 5.75 Å². The fourth-order valence-electron chi connectivity index (χ4n) is 0.910. The molecule has 0 radical (unpaired) electrons. The summed E-state index contributed by atoms with van der Waals surface area (Å²) in [5.41, 5.74) is 0.688. The van der Waals surface area contributed by atoms with Gasteiger partial charge in [0.1, 0.15) is 18.2 Å². The van der Waals surface area contributed by atoms with Crippen LogP contribution in [-0.2, 0) is 10.1 Å². The smallest absolute Gasteiger partial charge is 0.128 e. The Morgan fingerprint density at radius 2 is 2.29 bits per heavy atom. The van der Waals surface area contributed by atoms with Crippen LogP contribution >= 0.6 is 15.9 Å². The van der Waals surface area contributed by atoms with Gasteiger partial charge in [0.2, 0.25) is 0 Å².